The van der Waals surface area contributed by atoms with Crippen molar-refractivity contribution in [3.05, 3.63) is 44.8 Å². The van der Waals surface area contributed by atoms with Crippen molar-refractivity contribution in [1.29, 1.82) is 0 Å². The lowest BCUT2D eigenvalue weighted by molar-refractivity contribution is 0.462. The molecular weight excluding hydrogens is 475 g/mol. The van der Waals surface area contributed by atoms with Crippen LogP contribution in [0.2, 0.25) is 0 Å². The molecule has 0 aliphatic heterocycles. The van der Waals surface area contributed by atoms with Gasteiger partial charge in [-0.3, -0.25) is 4.99 Å². The Balaban J connectivity index is 0.00000242. The van der Waals surface area contributed by atoms with E-state index in [1.807, 2.05) is 7.05 Å². The van der Waals surface area contributed by atoms with Gasteiger partial charge < -0.3 is 14.8 Å². The number of rotatable bonds is 5. The molecule has 7 heteroatoms. The van der Waals surface area contributed by atoms with Crippen LogP contribution in [0.5, 0.6) is 0 Å². The predicted molar refractivity (Wildman–Crippen MR) is 109 cm³/mol. The first-order valence-electron chi connectivity index (χ1n) is 6.83. The van der Waals surface area contributed by atoms with Crippen molar-refractivity contribution in [1.82, 2.24) is 14.8 Å². The molecule has 0 saturated carbocycles. The Morgan fingerprint density at radius 1 is 1.50 bits per heavy atom. The molecule has 22 heavy (non-hydrogen) atoms. The van der Waals surface area contributed by atoms with E-state index in [4.69, 9.17) is 0 Å². The van der Waals surface area contributed by atoms with Crippen LogP contribution < -0.4 is 5.32 Å². The van der Waals surface area contributed by atoms with Gasteiger partial charge in [-0.25, -0.2) is 0 Å². The topological polar surface area (TPSA) is 32.6 Å². The molecule has 2 rings (SSSR count). The number of aliphatic imine (C=N–C) groups is 1. The molecule has 0 aromatic carbocycles. The molecule has 0 aliphatic rings. The highest BCUT2D eigenvalue weighted by atomic mass is 127. The summed E-state index contributed by atoms with van der Waals surface area (Å²) in [7, 11) is 5.94. The van der Waals surface area contributed by atoms with Crippen LogP contribution in [0.1, 0.15) is 11.3 Å². The third-order valence-corrected chi connectivity index (χ3v) is 4.49. The third-order valence-electron chi connectivity index (χ3n) is 3.32. The molecule has 0 aliphatic carbocycles. The zero-order valence-corrected chi connectivity index (χ0v) is 17.8. The van der Waals surface area contributed by atoms with Crippen LogP contribution in [0.25, 0.3) is 0 Å². The Morgan fingerprint density at radius 3 is 2.82 bits per heavy atom. The van der Waals surface area contributed by atoms with Gasteiger partial charge in [-0.1, -0.05) is 0 Å². The van der Waals surface area contributed by atoms with Crippen molar-refractivity contribution in [2.75, 3.05) is 20.6 Å². The van der Waals surface area contributed by atoms with Crippen molar-refractivity contribution in [2.45, 2.75) is 13.0 Å². The quantitative estimate of drug-likeness (QED) is 0.388. The predicted octanol–water partition coefficient (Wildman–Crippen LogP) is 3.72. The largest absolute Gasteiger partial charge is 0.356 e. The van der Waals surface area contributed by atoms with E-state index in [0.717, 1.165) is 29.9 Å². The molecule has 2 heterocycles. The molecule has 0 saturated heterocycles. The van der Waals surface area contributed by atoms with Crippen molar-refractivity contribution in [3.8, 4) is 0 Å². The zero-order valence-electron chi connectivity index (χ0n) is 13.0. The van der Waals surface area contributed by atoms with Gasteiger partial charge >= 0.3 is 0 Å². The van der Waals surface area contributed by atoms with E-state index in [-0.39, 0.29) is 24.0 Å². The first kappa shape index (κ1) is 19.5. The Hall–Kier alpha value is -0.540. The first-order valence-corrected chi connectivity index (χ1v) is 8.57. The molecule has 0 fully saturated rings. The molecule has 0 atom stereocenters. The lowest BCUT2D eigenvalue weighted by Gasteiger charge is -2.22. The monoisotopic (exact) mass is 496 g/mol. The number of thiophene rings is 1. The second-order valence-electron chi connectivity index (χ2n) is 4.97. The summed E-state index contributed by atoms with van der Waals surface area (Å²) < 4.78 is 3.23. The van der Waals surface area contributed by atoms with Crippen LogP contribution in [0.4, 0.5) is 0 Å². The SMILES string of the molecule is CN=C(NCCc1ccsc1)N(C)Cc1cc(Br)cn1C.I. The average molecular weight is 497 g/mol. The molecule has 0 bridgehead atoms. The van der Waals surface area contributed by atoms with E-state index in [9.17, 15) is 0 Å². The summed E-state index contributed by atoms with van der Waals surface area (Å²) >= 11 is 5.25. The molecule has 0 radical (unpaired) electrons. The van der Waals surface area contributed by atoms with Crippen LogP contribution in [0.15, 0.2) is 38.6 Å². The second-order valence-corrected chi connectivity index (χ2v) is 6.67. The van der Waals surface area contributed by atoms with Gasteiger partial charge in [0.25, 0.3) is 0 Å². The summed E-state index contributed by atoms with van der Waals surface area (Å²) in [6, 6.07) is 4.30. The molecule has 2 aromatic rings. The summed E-state index contributed by atoms with van der Waals surface area (Å²) in [5.41, 5.74) is 2.61. The fraction of sp³-hybridized carbons (Fsp3) is 0.400. The maximum atomic E-state index is 4.35. The number of hydrogen-bond acceptors (Lipinski definition) is 2. The van der Waals surface area contributed by atoms with Crippen LogP contribution in [0.3, 0.4) is 0 Å². The summed E-state index contributed by atoms with van der Waals surface area (Å²) in [4.78, 5) is 6.49. The van der Waals surface area contributed by atoms with Gasteiger partial charge in [0.15, 0.2) is 5.96 Å². The maximum Gasteiger partial charge on any atom is 0.193 e. The van der Waals surface area contributed by atoms with Crippen LogP contribution in [-0.4, -0.2) is 36.1 Å². The van der Waals surface area contributed by atoms with E-state index >= 15 is 0 Å². The van der Waals surface area contributed by atoms with Crippen molar-refractivity contribution in [2.24, 2.45) is 12.0 Å². The highest BCUT2D eigenvalue weighted by Gasteiger charge is 2.09. The zero-order chi connectivity index (χ0) is 15.2. The molecule has 2 aromatic heterocycles. The molecule has 0 unspecified atom stereocenters. The number of aromatic nitrogens is 1. The Labute approximate surface area is 161 Å². The molecule has 1 N–H and O–H groups in total. The summed E-state index contributed by atoms with van der Waals surface area (Å²) in [5.74, 6) is 0.919. The number of halogens is 2. The number of aryl methyl sites for hydroxylation is 1. The summed E-state index contributed by atoms with van der Waals surface area (Å²) in [6.45, 7) is 1.71. The first-order chi connectivity index (χ1) is 10.1. The van der Waals surface area contributed by atoms with Gasteiger partial charge in [0.1, 0.15) is 0 Å². The highest BCUT2D eigenvalue weighted by Crippen LogP contribution is 2.15. The molecular formula is C15H22BrIN4S. The fourth-order valence-electron chi connectivity index (χ4n) is 2.18. The van der Waals surface area contributed by atoms with Crippen LogP contribution >= 0.6 is 51.2 Å². The van der Waals surface area contributed by atoms with Gasteiger partial charge in [-0.05, 0) is 50.8 Å². The lowest BCUT2D eigenvalue weighted by Crippen LogP contribution is -2.39. The van der Waals surface area contributed by atoms with E-state index in [2.05, 4.69) is 78.9 Å². The molecule has 122 valence electrons. The Morgan fingerprint density at radius 2 is 2.27 bits per heavy atom. The maximum absolute atomic E-state index is 4.35. The number of nitrogens with zero attached hydrogens (tertiary/aromatic N) is 3. The van der Waals surface area contributed by atoms with Crippen molar-refractivity contribution >= 4 is 57.2 Å². The van der Waals surface area contributed by atoms with Gasteiger partial charge in [0, 0.05) is 44.1 Å². The molecule has 4 nitrogen and oxygen atoms in total. The van der Waals surface area contributed by atoms with Gasteiger partial charge in [-0.15, -0.1) is 24.0 Å². The highest BCUT2D eigenvalue weighted by molar-refractivity contribution is 14.0. The minimum absolute atomic E-state index is 0. The van der Waals surface area contributed by atoms with Gasteiger partial charge in [0.05, 0.1) is 6.54 Å². The van der Waals surface area contributed by atoms with E-state index in [1.165, 1.54) is 11.3 Å². The summed E-state index contributed by atoms with van der Waals surface area (Å²) in [5, 5.41) is 7.72. The average Bonchev–Trinajstić information content (AvgIpc) is 3.05. The number of hydrogen-bond donors (Lipinski definition) is 1. The second kappa shape index (κ2) is 9.57. The summed E-state index contributed by atoms with van der Waals surface area (Å²) in [6.07, 6.45) is 3.09. The van der Waals surface area contributed by atoms with Gasteiger partial charge in [-0.2, -0.15) is 11.3 Å². The third kappa shape index (κ3) is 5.58. The molecule has 0 amide bonds. The standard InChI is InChI=1S/C15H21BrN4S.HI/c1-17-15(18-6-4-12-5-7-21-11-12)20(3)10-14-8-13(16)9-19(14)2;/h5,7-9,11H,4,6,10H2,1-3H3,(H,17,18);1H. The van der Waals surface area contributed by atoms with Crippen molar-refractivity contribution in [3.63, 3.8) is 0 Å². The number of nitrogens with one attached hydrogen (secondary N) is 1. The smallest absolute Gasteiger partial charge is 0.193 e. The van der Waals surface area contributed by atoms with Crippen LogP contribution in [0, 0.1) is 0 Å². The number of guanidine groups is 1. The minimum Gasteiger partial charge on any atom is -0.356 e. The lowest BCUT2D eigenvalue weighted by atomic mass is 10.2. The Bertz CT molecular complexity index is 595. The normalized spacial score (nSPS) is 11.2. The fourth-order valence-corrected chi connectivity index (χ4v) is 3.45. The van der Waals surface area contributed by atoms with Crippen molar-refractivity contribution < 1.29 is 0 Å². The van der Waals surface area contributed by atoms with Crippen LogP contribution in [-0.2, 0) is 20.0 Å². The van der Waals surface area contributed by atoms with E-state index in [1.54, 1.807) is 11.3 Å². The van der Waals surface area contributed by atoms with E-state index in [0.29, 0.717) is 0 Å². The Kier molecular flexibility index (Phi) is 8.48. The molecule has 0 spiro atoms. The minimum atomic E-state index is 0. The van der Waals surface area contributed by atoms with E-state index < -0.39 is 0 Å². The van der Waals surface area contributed by atoms with Gasteiger partial charge in [0.2, 0.25) is 0 Å².